The molecule has 3 aromatic rings. The molecule has 1 amide bonds. The van der Waals surface area contributed by atoms with E-state index in [1.54, 1.807) is 24.4 Å². The first-order valence-electron chi connectivity index (χ1n) is 8.67. The van der Waals surface area contributed by atoms with Crippen LogP contribution in [0.15, 0.2) is 41.9 Å². The van der Waals surface area contributed by atoms with E-state index in [4.69, 9.17) is 15.2 Å². The molecule has 0 saturated carbocycles. The number of ketones is 1. The van der Waals surface area contributed by atoms with Crippen LogP contribution in [0, 0.1) is 13.8 Å². The molecule has 8 nitrogen and oxygen atoms in total. The summed E-state index contributed by atoms with van der Waals surface area (Å²) in [5.74, 6) is -1.55. The van der Waals surface area contributed by atoms with Gasteiger partial charge in [0.05, 0.1) is 5.56 Å². The number of thiazole rings is 1. The first-order valence-corrected chi connectivity index (χ1v) is 9.55. The van der Waals surface area contributed by atoms with Gasteiger partial charge < -0.3 is 15.2 Å². The molecule has 3 rings (SSSR count). The lowest BCUT2D eigenvalue weighted by Crippen LogP contribution is -2.21. The molecular weight excluding hydrogens is 394 g/mol. The van der Waals surface area contributed by atoms with Crippen molar-refractivity contribution in [3.8, 4) is 10.9 Å². The number of aromatic nitrogens is 2. The van der Waals surface area contributed by atoms with Crippen molar-refractivity contribution in [3.63, 3.8) is 0 Å². The Morgan fingerprint density at radius 2 is 1.90 bits per heavy atom. The molecule has 9 heteroatoms. The maximum Gasteiger partial charge on any atom is 0.344 e. The van der Waals surface area contributed by atoms with Gasteiger partial charge in [-0.2, -0.15) is 0 Å². The smallest absolute Gasteiger partial charge is 0.344 e. The Morgan fingerprint density at radius 1 is 1.14 bits per heavy atom. The standard InChI is InChI=1S/C20H19N3O5S/c1-12-9-15(13(2)23(12)20-22-7-8-29-20)16(24)10-28-18(25)11-27-17-6-4-3-5-14(17)19(21)26/h3-9H,10-11H2,1-2H3,(H2,21,26). The normalized spacial score (nSPS) is 10.6. The van der Waals surface area contributed by atoms with Gasteiger partial charge in [-0.25, -0.2) is 9.78 Å². The molecule has 29 heavy (non-hydrogen) atoms. The molecule has 0 aliphatic heterocycles. The Labute approximate surface area is 170 Å². The molecular formula is C20H19N3O5S. The van der Waals surface area contributed by atoms with E-state index in [0.717, 1.165) is 16.5 Å². The predicted octanol–water partition coefficient (Wildman–Crippen LogP) is 2.45. The summed E-state index contributed by atoms with van der Waals surface area (Å²) < 4.78 is 12.2. The summed E-state index contributed by atoms with van der Waals surface area (Å²) in [7, 11) is 0. The van der Waals surface area contributed by atoms with Gasteiger partial charge in [0.2, 0.25) is 5.78 Å². The van der Waals surface area contributed by atoms with Crippen LogP contribution in [-0.2, 0) is 9.53 Å². The van der Waals surface area contributed by atoms with Crippen LogP contribution in [0.3, 0.4) is 0 Å². The minimum atomic E-state index is -0.730. The van der Waals surface area contributed by atoms with Crippen molar-refractivity contribution in [1.82, 2.24) is 9.55 Å². The number of amides is 1. The zero-order valence-electron chi connectivity index (χ0n) is 15.9. The Balaban J connectivity index is 1.59. The second-order valence-electron chi connectivity index (χ2n) is 6.17. The van der Waals surface area contributed by atoms with Crippen molar-refractivity contribution in [3.05, 3.63) is 64.4 Å². The topological polar surface area (TPSA) is 114 Å². The molecule has 2 N–H and O–H groups in total. The first kappa shape index (κ1) is 20.3. The van der Waals surface area contributed by atoms with Crippen molar-refractivity contribution in [2.24, 2.45) is 5.73 Å². The highest BCUT2D eigenvalue weighted by Gasteiger charge is 2.19. The Kier molecular flexibility index (Phi) is 6.08. The molecule has 0 unspecified atom stereocenters. The third-order valence-corrected chi connectivity index (χ3v) is 4.96. The molecule has 0 radical (unpaired) electrons. The fraction of sp³-hybridized carbons (Fsp3) is 0.200. The summed E-state index contributed by atoms with van der Waals surface area (Å²) >= 11 is 1.46. The molecule has 0 spiro atoms. The molecule has 0 atom stereocenters. The minimum absolute atomic E-state index is 0.158. The van der Waals surface area contributed by atoms with Crippen LogP contribution in [0.2, 0.25) is 0 Å². The molecule has 0 saturated heterocycles. The van der Waals surface area contributed by atoms with Crippen molar-refractivity contribution in [2.75, 3.05) is 13.2 Å². The number of nitrogens with two attached hydrogens (primary N) is 1. The second-order valence-corrected chi connectivity index (χ2v) is 7.04. The largest absolute Gasteiger partial charge is 0.481 e. The van der Waals surface area contributed by atoms with E-state index in [-0.39, 0.29) is 17.1 Å². The summed E-state index contributed by atoms with van der Waals surface area (Å²) in [6.07, 6.45) is 1.69. The van der Waals surface area contributed by atoms with E-state index < -0.39 is 25.1 Å². The minimum Gasteiger partial charge on any atom is -0.481 e. The van der Waals surface area contributed by atoms with E-state index in [1.165, 1.54) is 23.5 Å². The number of esters is 1. The number of hydrogen-bond donors (Lipinski definition) is 1. The van der Waals surface area contributed by atoms with Crippen molar-refractivity contribution in [1.29, 1.82) is 0 Å². The number of benzene rings is 1. The number of para-hydroxylation sites is 1. The zero-order valence-corrected chi connectivity index (χ0v) is 16.7. The number of hydrogen-bond acceptors (Lipinski definition) is 7. The summed E-state index contributed by atoms with van der Waals surface area (Å²) in [6.45, 7) is 2.83. The number of nitrogens with zero attached hydrogens (tertiary/aromatic N) is 2. The molecule has 2 heterocycles. The van der Waals surface area contributed by atoms with Crippen LogP contribution in [0.5, 0.6) is 5.75 Å². The first-order chi connectivity index (χ1) is 13.9. The number of Topliss-reactive ketones (excluding diaryl/α,β-unsaturated/α-hetero) is 1. The van der Waals surface area contributed by atoms with Crippen LogP contribution < -0.4 is 10.5 Å². The van der Waals surface area contributed by atoms with Gasteiger partial charge in [-0.05, 0) is 32.0 Å². The van der Waals surface area contributed by atoms with Crippen LogP contribution in [0.4, 0.5) is 0 Å². The molecule has 150 valence electrons. The van der Waals surface area contributed by atoms with Crippen molar-refractivity contribution < 1.29 is 23.9 Å². The van der Waals surface area contributed by atoms with E-state index in [1.807, 2.05) is 23.8 Å². The Hall–Kier alpha value is -3.46. The average Bonchev–Trinajstić information content (AvgIpc) is 3.32. The van der Waals surface area contributed by atoms with Gasteiger partial charge in [0, 0.05) is 28.5 Å². The molecule has 0 aliphatic rings. The number of carbonyl (C=O) groups excluding carboxylic acids is 3. The van der Waals surface area contributed by atoms with Crippen LogP contribution >= 0.6 is 11.3 Å². The lowest BCUT2D eigenvalue weighted by Gasteiger charge is -2.09. The van der Waals surface area contributed by atoms with Crippen molar-refractivity contribution >= 4 is 29.0 Å². The Morgan fingerprint density at radius 3 is 2.59 bits per heavy atom. The van der Waals surface area contributed by atoms with Gasteiger partial charge >= 0.3 is 5.97 Å². The lowest BCUT2D eigenvalue weighted by atomic mass is 10.1. The number of primary amides is 1. The van der Waals surface area contributed by atoms with E-state index in [0.29, 0.717) is 5.56 Å². The number of rotatable bonds is 8. The highest BCUT2D eigenvalue weighted by atomic mass is 32.1. The fourth-order valence-electron chi connectivity index (χ4n) is 2.86. The molecule has 2 aromatic heterocycles. The quantitative estimate of drug-likeness (QED) is 0.448. The highest BCUT2D eigenvalue weighted by molar-refractivity contribution is 7.12. The van der Waals surface area contributed by atoms with E-state index >= 15 is 0 Å². The highest BCUT2D eigenvalue weighted by Crippen LogP contribution is 2.22. The van der Waals surface area contributed by atoms with Crippen LogP contribution in [0.25, 0.3) is 5.13 Å². The summed E-state index contributed by atoms with van der Waals surface area (Å²) in [5.41, 5.74) is 7.47. The van der Waals surface area contributed by atoms with Gasteiger partial charge in [-0.15, -0.1) is 11.3 Å². The second kappa shape index (κ2) is 8.70. The number of ether oxygens (including phenoxy) is 2. The third-order valence-electron chi connectivity index (χ3n) is 4.20. The van der Waals surface area contributed by atoms with Gasteiger partial charge in [-0.3, -0.25) is 14.2 Å². The summed E-state index contributed by atoms with van der Waals surface area (Å²) in [5, 5.41) is 2.62. The predicted molar refractivity (Wildman–Crippen MR) is 107 cm³/mol. The van der Waals surface area contributed by atoms with Gasteiger partial charge in [0.15, 0.2) is 18.3 Å². The van der Waals surface area contributed by atoms with Gasteiger partial charge in [0.25, 0.3) is 5.91 Å². The molecule has 0 bridgehead atoms. The van der Waals surface area contributed by atoms with Gasteiger partial charge in [-0.1, -0.05) is 12.1 Å². The van der Waals surface area contributed by atoms with Gasteiger partial charge in [0.1, 0.15) is 5.75 Å². The number of carbonyl (C=O) groups is 3. The summed E-state index contributed by atoms with van der Waals surface area (Å²) in [4.78, 5) is 40.1. The summed E-state index contributed by atoms with van der Waals surface area (Å²) in [6, 6.07) is 8.03. The molecule has 0 fully saturated rings. The SMILES string of the molecule is Cc1cc(C(=O)COC(=O)COc2ccccc2C(N)=O)c(C)n1-c1nccs1. The van der Waals surface area contributed by atoms with Crippen molar-refractivity contribution in [2.45, 2.75) is 13.8 Å². The Bertz CT molecular complexity index is 1060. The number of aryl methyl sites for hydroxylation is 1. The van der Waals surface area contributed by atoms with E-state index in [9.17, 15) is 14.4 Å². The lowest BCUT2D eigenvalue weighted by molar-refractivity contribution is -0.144. The fourth-order valence-corrected chi connectivity index (χ4v) is 3.62. The molecule has 1 aromatic carbocycles. The zero-order chi connectivity index (χ0) is 21.0. The maximum atomic E-state index is 12.5. The van der Waals surface area contributed by atoms with Crippen LogP contribution in [-0.4, -0.2) is 40.4 Å². The molecule has 0 aliphatic carbocycles. The van der Waals surface area contributed by atoms with Crippen LogP contribution in [0.1, 0.15) is 32.1 Å². The average molecular weight is 413 g/mol. The van der Waals surface area contributed by atoms with E-state index in [2.05, 4.69) is 4.98 Å². The maximum absolute atomic E-state index is 12.5. The third kappa shape index (κ3) is 4.52. The monoisotopic (exact) mass is 413 g/mol.